The van der Waals surface area contributed by atoms with Crippen LogP contribution in [0.25, 0.3) is 27.6 Å². The van der Waals surface area contributed by atoms with Gasteiger partial charge in [0.1, 0.15) is 0 Å². The molecule has 0 aliphatic carbocycles. The number of hydrogen-bond donors (Lipinski definition) is 2. The summed E-state index contributed by atoms with van der Waals surface area (Å²) >= 11 is 0. The number of carboxylic acids is 2. The van der Waals surface area contributed by atoms with Crippen LogP contribution >= 0.6 is 0 Å². The Morgan fingerprint density at radius 3 is 2.30 bits per heavy atom. The smallest absolute Gasteiger partial charge is 0.360 e. The zero-order valence-corrected chi connectivity index (χ0v) is 25.9. The molecular formula is C36H37NO9. The highest BCUT2D eigenvalue weighted by Crippen LogP contribution is 2.31. The number of ether oxygens (including phenoxy) is 2. The molecule has 0 saturated carbocycles. The molecule has 46 heavy (non-hydrogen) atoms. The highest BCUT2D eigenvalue weighted by atomic mass is 16.7. The summed E-state index contributed by atoms with van der Waals surface area (Å²) in [7, 11) is 0. The number of epoxide rings is 1. The van der Waals surface area contributed by atoms with Gasteiger partial charge in [0.15, 0.2) is 0 Å². The summed E-state index contributed by atoms with van der Waals surface area (Å²) in [6, 6.07) is 15.6. The first kappa shape index (κ1) is 35.1. The van der Waals surface area contributed by atoms with Gasteiger partial charge in [-0.25, -0.2) is 19.2 Å². The van der Waals surface area contributed by atoms with E-state index in [1.165, 1.54) is 6.21 Å². The van der Waals surface area contributed by atoms with E-state index in [0.717, 1.165) is 32.7 Å². The molecule has 0 bridgehead atoms. The van der Waals surface area contributed by atoms with Crippen molar-refractivity contribution in [2.24, 2.45) is 5.16 Å². The van der Waals surface area contributed by atoms with Crippen LogP contribution in [0.1, 0.15) is 50.7 Å². The predicted molar refractivity (Wildman–Crippen MR) is 176 cm³/mol. The standard InChI is InChI=1S/C24H21NO4.C12H16O5/c1-4-16(23(26)27)12-18-9-7-10-19-13-17-8-5-6-11-20(17)21(22(18)19)14-25-29-24(28)15(2)3;1-8(11(13)14)4-3-5-16-12(15)9(2)6-10-7-17-10/h5-14H,2,4H2,1,3H3,(H,26,27);10H,1-7H2,(H,13,14). The monoisotopic (exact) mass is 627 g/mol. The number of carboxylic acid groups (broad SMARTS) is 2. The second-order valence-corrected chi connectivity index (χ2v) is 10.6. The maximum absolute atomic E-state index is 11.7. The fraction of sp³-hybridized carbons (Fsp3) is 0.250. The summed E-state index contributed by atoms with van der Waals surface area (Å²) < 4.78 is 9.90. The second kappa shape index (κ2) is 16.6. The molecule has 2 N–H and O–H groups in total. The van der Waals surface area contributed by atoms with Gasteiger partial charge in [0.2, 0.25) is 0 Å². The molecule has 1 atom stereocenters. The number of nitrogens with zero attached hydrogens (tertiary/aromatic N) is 1. The first-order valence-corrected chi connectivity index (χ1v) is 14.6. The van der Waals surface area contributed by atoms with Gasteiger partial charge in [-0.1, -0.05) is 74.3 Å². The SMILES string of the molecule is C=C(C)C(=O)ON=Cc1c2ccccc2cc2cccc(C=C(CC)C(=O)O)c12.C=C(CCCOC(=O)C(=C)CC1CO1)C(=O)O. The van der Waals surface area contributed by atoms with E-state index in [1.54, 1.807) is 19.9 Å². The summed E-state index contributed by atoms with van der Waals surface area (Å²) in [5, 5.41) is 25.6. The van der Waals surface area contributed by atoms with E-state index in [1.807, 2.05) is 48.5 Å². The van der Waals surface area contributed by atoms with E-state index in [4.69, 9.17) is 19.4 Å². The van der Waals surface area contributed by atoms with Crippen LogP contribution < -0.4 is 0 Å². The van der Waals surface area contributed by atoms with E-state index in [-0.39, 0.29) is 23.9 Å². The number of oxime groups is 1. The Morgan fingerprint density at radius 2 is 1.67 bits per heavy atom. The normalized spacial score (nSPS) is 13.9. The van der Waals surface area contributed by atoms with E-state index < -0.39 is 23.9 Å². The van der Waals surface area contributed by atoms with Gasteiger partial charge in [0.05, 0.1) is 25.5 Å². The quantitative estimate of drug-likeness (QED) is 0.0293. The average molecular weight is 628 g/mol. The molecule has 1 aliphatic rings. The third kappa shape index (κ3) is 10.1. The Bertz CT molecular complexity index is 1740. The topological polar surface area (TPSA) is 152 Å². The molecular weight excluding hydrogens is 590 g/mol. The molecule has 3 aromatic carbocycles. The van der Waals surface area contributed by atoms with Gasteiger partial charge < -0.3 is 24.5 Å². The number of rotatable bonds is 14. The summed E-state index contributed by atoms with van der Waals surface area (Å²) in [5.74, 6) is -3.02. The van der Waals surface area contributed by atoms with Gasteiger partial charge in [-0.15, -0.1) is 0 Å². The molecule has 1 aliphatic heterocycles. The maximum Gasteiger partial charge on any atom is 0.360 e. The summed E-state index contributed by atoms with van der Waals surface area (Å²) in [6.45, 7) is 14.7. The molecule has 0 amide bonds. The van der Waals surface area contributed by atoms with Gasteiger partial charge in [0.25, 0.3) is 0 Å². The highest BCUT2D eigenvalue weighted by Gasteiger charge is 2.25. The Kier molecular flexibility index (Phi) is 12.7. The van der Waals surface area contributed by atoms with E-state index in [9.17, 15) is 24.3 Å². The van der Waals surface area contributed by atoms with Crippen LogP contribution in [0.2, 0.25) is 0 Å². The van der Waals surface area contributed by atoms with Crippen LogP contribution in [0.5, 0.6) is 0 Å². The molecule has 3 aromatic rings. The van der Waals surface area contributed by atoms with Gasteiger partial charge in [-0.05, 0) is 65.4 Å². The van der Waals surface area contributed by atoms with Crippen molar-refractivity contribution in [1.29, 1.82) is 0 Å². The van der Waals surface area contributed by atoms with E-state index in [0.29, 0.717) is 43.4 Å². The van der Waals surface area contributed by atoms with Crippen LogP contribution in [0.15, 0.2) is 95.7 Å². The molecule has 1 heterocycles. The lowest BCUT2D eigenvalue weighted by Crippen LogP contribution is -2.10. The molecule has 0 spiro atoms. The van der Waals surface area contributed by atoms with Crippen molar-refractivity contribution in [3.05, 3.63) is 102 Å². The second-order valence-electron chi connectivity index (χ2n) is 10.6. The lowest BCUT2D eigenvalue weighted by Gasteiger charge is -2.11. The third-order valence-electron chi connectivity index (χ3n) is 6.94. The van der Waals surface area contributed by atoms with Gasteiger partial charge >= 0.3 is 23.9 Å². The zero-order chi connectivity index (χ0) is 33.8. The number of hydrogen-bond acceptors (Lipinski definition) is 8. The first-order chi connectivity index (χ1) is 21.9. The first-order valence-electron chi connectivity index (χ1n) is 14.6. The van der Waals surface area contributed by atoms with E-state index in [2.05, 4.69) is 24.9 Å². The maximum atomic E-state index is 11.7. The molecule has 1 unspecified atom stereocenters. The van der Waals surface area contributed by atoms with E-state index >= 15 is 0 Å². The van der Waals surface area contributed by atoms with Crippen molar-refractivity contribution >= 4 is 57.7 Å². The molecule has 0 aromatic heterocycles. The molecule has 1 saturated heterocycles. The fourth-order valence-electron chi connectivity index (χ4n) is 4.36. The Balaban J connectivity index is 0.000000289. The fourth-order valence-corrected chi connectivity index (χ4v) is 4.36. The number of aliphatic carboxylic acids is 2. The molecule has 4 rings (SSSR count). The molecule has 10 nitrogen and oxygen atoms in total. The van der Waals surface area contributed by atoms with Crippen molar-refractivity contribution in [2.75, 3.05) is 13.2 Å². The predicted octanol–water partition coefficient (Wildman–Crippen LogP) is 6.62. The van der Waals surface area contributed by atoms with Crippen LogP contribution in [-0.2, 0) is 33.5 Å². The highest BCUT2D eigenvalue weighted by molar-refractivity contribution is 6.16. The lowest BCUT2D eigenvalue weighted by atomic mass is 9.93. The van der Waals surface area contributed by atoms with Crippen molar-refractivity contribution in [1.82, 2.24) is 0 Å². The summed E-state index contributed by atoms with van der Waals surface area (Å²) in [6.07, 6.45) is 4.94. The Labute approximate surface area is 266 Å². The third-order valence-corrected chi connectivity index (χ3v) is 6.94. The Morgan fingerprint density at radius 1 is 0.978 bits per heavy atom. The van der Waals surface area contributed by atoms with Crippen molar-refractivity contribution < 1.29 is 43.7 Å². The van der Waals surface area contributed by atoms with Crippen molar-refractivity contribution in [3.8, 4) is 0 Å². The number of esters is 1. The minimum atomic E-state index is -1.02. The number of carbonyl (C=O) groups is 4. The van der Waals surface area contributed by atoms with Crippen LogP contribution in [-0.4, -0.2) is 59.6 Å². The lowest BCUT2D eigenvalue weighted by molar-refractivity contribution is -0.140. The van der Waals surface area contributed by atoms with Crippen LogP contribution in [0.4, 0.5) is 0 Å². The number of fused-ring (bicyclic) bond motifs is 2. The molecule has 1 fully saturated rings. The minimum Gasteiger partial charge on any atom is -0.478 e. The molecule has 0 radical (unpaired) electrons. The summed E-state index contributed by atoms with van der Waals surface area (Å²) in [5.41, 5.74) is 2.58. The number of carbonyl (C=O) groups excluding carboxylic acids is 2. The number of benzene rings is 3. The van der Waals surface area contributed by atoms with Crippen molar-refractivity contribution in [3.63, 3.8) is 0 Å². The zero-order valence-electron chi connectivity index (χ0n) is 25.9. The van der Waals surface area contributed by atoms with Crippen LogP contribution in [0.3, 0.4) is 0 Å². The van der Waals surface area contributed by atoms with Gasteiger partial charge in [-0.2, -0.15) is 0 Å². The van der Waals surface area contributed by atoms with Gasteiger partial charge in [-0.3, -0.25) is 0 Å². The Hall–Kier alpha value is -5.35. The van der Waals surface area contributed by atoms with Gasteiger partial charge in [0, 0.05) is 34.3 Å². The van der Waals surface area contributed by atoms with Crippen LogP contribution in [0, 0.1) is 0 Å². The molecule has 10 heteroatoms. The largest absolute Gasteiger partial charge is 0.478 e. The molecule has 240 valence electrons. The average Bonchev–Trinajstić information content (AvgIpc) is 3.85. The minimum absolute atomic E-state index is 0.113. The van der Waals surface area contributed by atoms with Crippen molar-refractivity contribution in [2.45, 2.75) is 45.6 Å². The summed E-state index contributed by atoms with van der Waals surface area (Å²) in [4.78, 5) is 49.9.